The summed E-state index contributed by atoms with van der Waals surface area (Å²) in [5, 5.41) is 18.6. The second kappa shape index (κ2) is 4.98. The minimum atomic E-state index is -1.15. The van der Waals surface area contributed by atoms with Crippen molar-refractivity contribution in [1.82, 2.24) is 4.98 Å². The third-order valence-electron chi connectivity index (χ3n) is 2.80. The summed E-state index contributed by atoms with van der Waals surface area (Å²) in [7, 11) is 0. The monoisotopic (exact) mass is 280 g/mol. The molecule has 0 saturated heterocycles. The number of rotatable bonds is 3. The number of nitrogens with zero attached hydrogens (tertiary/aromatic N) is 2. The molecule has 6 nitrogen and oxygen atoms in total. The Bertz CT molecular complexity index is 877. The smallest absolute Gasteiger partial charge is 0.354 e. The Hall–Kier alpha value is -3.33. The van der Waals surface area contributed by atoms with Crippen LogP contribution in [0.1, 0.15) is 16.2 Å². The summed E-state index contributed by atoms with van der Waals surface area (Å²) in [5.41, 5.74) is 0.372. The van der Waals surface area contributed by atoms with Crippen molar-refractivity contribution >= 4 is 16.9 Å². The van der Waals surface area contributed by atoms with Crippen LogP contribution in [0.5, 0.6) is 11.6 Å². The Balaban J connectivity index is 2.08. The van der Waals surface area contributed by atoms with Crippen LogP contribution in [0.3, 0.4) is 0 Å². The summed E-state index contributed by atoms with van der Waals surface area (Å²) in [6.45, 7) is 0. The first-order valence-electron chi connectivity index (χ1n) is 5.99. The van der Waals surface area contributed by atoms with Crippen molar-refractivity contribution in [3.63, 3.8) is 0 Å². The number of ether oxygens (including phenoxy) is 1. The maximum absolute atomic E-state index is 10.9. The van der Waals surface area contributed by atoms with Crippen LogP contribution in [0, 0.1) is 11.3 Å². The minimum absolute atomic E-state index is 0.0127. The Morgan fingerprint density at radius 3 is 2.81 bits per heavy atom. The molecule has 0 amide bonds. The van der Waals surface area contributed by atoms with E-state index >= 15 is 0 Å². The van der Waals surface area contributed by atoms with Crippen LogP contribution >= 0.6 is 0 Å². The molecule has 0 spiro atoms. The van der Waals surface area contributed by atoms with Crippen LogP contribution in [0.25, 0.3) is 11.0 Å². The Kier molecular flexibility index (Phi) is 3.01. The largest absolute Gasteiger partial charge is 0.477 e. The molecule has 0 aliphatic heterocycles. The highest BCUT2D eigenvalue weighted by Crippen LogP contribution is 2.35. The molecule has 2 heterocycles. The molecule has 6 heteroatoms. The predicted octanol–water partition coefficient (Wildman–Crippen LogP) is 3.19. The van der Waals surface area contributed by atoms with Crippen molar-refractivity contribution in [1.29, 1.82) is 5.26 Å². The van der Waals surface area contributed by atoms with Crippen molar-refractivity contribution in [3.8, 4) is 17.7 Å². The first-order chi connectivity index (χ1) is 10.2. The highest BCUT2D eigenvalue weighted by atomic mass is 16.5. The number of benzene rings is 1. The van der Waals surface area contributed by atoms with Gasteiger partial charge in [0.1, 0.15) is 11.7 Å². The normalized spacial score (nSPS) is 10.2. The van der Waals surface area contributed by atoms with E-state index in [0.717, 1.165) is 0 Å². The molecule has 0 unspecified atom stereocenters. The van der Waals surface area contributed by atoms with Crippen LogP contribution < -0.4 is 4.74 Å². The number of furan rings is 1. The number of aromatic carboxylic acids is 1. The van der Waals surface area contributed by atoms with Crippen molar-refractivity contribution in [3.05, 3.63) is 53.9 Å². The summed E-state index contributed by atoms with van der Waals surface area (Å²) in [6.07, 6.45) is 0. The fraction of sp³-hybridized carbons (Fsp3) is 0. The Labute approximate surface area is 118 Å². The number of carboxylic acid groups (broad SMARTS) is 1. The van der Waals surface area contributed by atoms with Gasteiger partial charge in [-0.15, -0.1) is 0 Å². The number of aromatic nitrogens is 1. The fourth-order valence-electron chi connectivity index (χ4n) is 1.89. The van der Waals surface area contributed by atoms with E-state index in [9.17, 15) is 4.79 Å². The number of hydrogen-bond acceptors (Lipinski definition) is 5. The van der Waals surface area contributed by atoms with Crippen molar-refractivity contribution in [2.24, 2.45) is 0 Å². The first kappa shape index (κ1) is 12.7. The highest BCUT2D eigenvalue weighted by molar-refractivity contribution is 5.87. The van der Waals surface area contributed by atoms with Gasteiger partial charge in [0, 0.05) is 6.07 Å². The van der Waals surface area contributed by atoms with Gasteiger partial charge < -0.3 is 14.3 Å². The molecule has 2 aromatic heterocycles. The molecule has 0 aliphatic carbocycles. The van der Waals surface area contributed by atoms with Gasteiger partial charge in [-0.2, -0.15) is 5.26 Å². The minimum Gasteiger partial charge on any atom is -0.477 e. The zero-order valence-corrected chi connectivity index (χ0v) is 10.6. The molecule has 3 aromatic rings. The maximum atomic E-state index is 10.9. The van der Waals surface area contributed by atoms with Gasteiger partial charge in [0.2, 0.25) is 11.6 Å². The number of carboxylic acids is 1. The van der Waals surface area contributed by atoms with E-state index in [2.05, 4.69) is 4.98 Å². The molecular weight excluding hydrogens is 272 g/mol. The quantitative estimate of drug-likeness (QED) is 0.791. The fourth-order valence-corrected chi connectivity index (χ4v) is 1.89. The Morgan fingerprint density at radius 2 is 2.05 bits per heavy atom. The van der Waals surface area contributed by atoms with Crippen LogP contribution in [-0.4, -0.2) is 16.1 Å². The number of carbonyl (C=O) groups is 1. The molecule has 0 saturated carbocycles. The lowest BCUT2D eigenvalue weighted by atomic mass is 10.2. The van der Waals surface area contributed by atoms with Crippen molar-refractivity contribution in [2.75, 3.05) is 0 Å². The number of para-hydroxylation sites is 1. The molecule has 0 aliphatic rings. The zero-order valence-electron chi connectivity index (χ0n) is 10.6. The maximum Gasteiger partial charge on any atom is 0.354 e. The molecule has 3 rings (SSSR count). The van der Waals surface area contributed by atoms with Crippen molar-refractivity contribution in [2.45, 2.75) is 0 Å². The number of nitriles is 1. The highest BCUT2D eigenvalue weighted by Gasteiger charge is 2.17. The van der Waals surface area contributed by atoms with E-state index in [1.165, 1.54) is 18.2 Å². The van der Waals surface area contributed by atoms with E-state index in [-0.39, 0.29) is 23.1 Å². The van der Waals surface area contributed by atoms with Crippen molar-refractivity contribution < 1.29 is 19.1 Å². The molecule has 0 fully saturated rings. The lowest BCUT2D eigenvalue weighted by molar-refractivity contribution is 0.0689. The second-order valence-electron chi connectivity index (χ2n) is 4.14. The van der Waals surface area contributed by atoms with Gasteiger partial charge in [-0.05, 0) is 18.2 Å². The van der Waals surface area contributed by atoms with Crippen LogP contribution in [0.4, 0.5) is 0 Å². The number of pyridine rings is 1. The third kappa shape index (κ3) is 2.28. The van der Waals surface area contributed by atoms with E-state index in [1.54, 1.807) is 24.3 Å². The van der Waals surface area contributed by atoms with E-state index < -0.39 is 5.97 Å². The SMILES string of the molecule is N#Cc1oc2ccccc2c1Oc1cccc(C(=O)O)n1. The van der Waals surface area contributed by atoms with Gasteiger partial charge in [-0.3, -0.25) is 0 Å². The van der Waals surface area contributed by atoms with E-state index in [4.69, 9.17) is 19.5 Å². The molecule has 0 radical (unpaired) electrons. The second-order valence-corrected chi connectivity index (χ2v) is 4.14. The Morgan fingerprint density at radius 1 is 1.24 bits per heavy atom. The average molecular weight is 280 g/mol. The summed E-state index contributed by atoms with van der Waals surface area (Å²) in [4.78, 5) is 14.8. The van der Waals surface area contributed by atoms with Gasteiger partial charge >= 0.3 is 5.97 Å². The molecule has 1 aromatic carbocycles. The van der Waals surface area contributed by atoms with Gasteiger partial charge in [0.15, 0.2) is 11.4 Å². The summed E-state index contributed by atoms with van der Waals surface area (Å²) >= 11 is 0. The van der Waals surface area contributed by atoms with Gasteiger partial charge in [0.25, 0.3) is 0 Å². The molecule has 1 N–H and O–H groups in total. The zero-order chi connectivity index (χ0) is 14.8. The van der Waals surface area contributed by atoms with Gasteiger partial charge in [-0.1, -0.05) is 18.2 Å². The number of fused-ring (bicyclic) bond motifs is 1. The van der Waals surface area contributed by atoms with Crippen LogP contribution in [0.2, 0.25) is 0 Å². The lowest BCUT2D eigenvalue weighted by Crippen LogP contribution is -2.00. The van der Waals surface area contributed by atoms with Gasteiger partial charge in [0.05, 0.1) is 5.39 Å². The molecule has 0 atom stereocenters. The molecular formula is C15H8N2O4. The summed E-state index contributed by atoms with van der Waals surface area (Å²) in [5.74, 6) is -0.835. The average Bonchev–Trinajstić information content (AvgIpc) is 2.86. The van der Waals surface area contributed by atoms with E-state index in [1.807, 2.05) is 6.07 Å². The molecule has 21 heavy (non-hydrogen) atoms. The summed E-state index contributed by atoms with van der Waals surface area (Å²) in [6, 6.07) is 13.3. The van der Waals surface area contributed by atoms with Crippen LogP contribution in [-0.2, 0) is 0 Å². The number of hydrogen-bond donors (Lipinski definition) is 1. The van der Waals surface area contributed by atoms with E-state index in [0.29, 0.717) is 11.0 Å². The summed E-state index contributed by atoms with van der Waals surface area (Å²) < 4.78 is 10.9. The topological polar surface area (TPSA) is 96.3 Å². The molecule has 0 bridgehead atoms. The predicted molar refractivity (Wildman–Crippen MR) is 72.2 cm³/mol. The standard InChI is InChI=1S/C15H8N2O4/c16-8-12-14(9-4-1-2-6-11(9)20-12)21-13-7-3-5-10(17-13)15(18)19/h1-7H,(H,18,19). The lowest BCUT2D eigenvalue weighted by Gasteiger charge is -2.03. The molecule has 102 valence electrons. The van der Waals surface area contributed by atoms with Crippen LogP contribution in [0.15, 0.2) is 46.9 Å². The first-order valence-corrected chi connectivity index (χ1v) is 5.99. The third-order valence-corrected chi connectivity index (χ3v) is 2.80. The van der Waals surface area contributed by atoms with Gasteiger partial charge in [-0.25, -0.2) is 9.78 Å².